The van der Waals surface area contributed by atoms with E-state index < -0.39 is 11.1 Å². The molecule has 0 radical (unpaired) electrons. The Bertz CT molecular complexity index is 381. The standard InChI is InChI=1S/C9H13N3O2S/c1-7(2)12(6-10)9-8(15(13)14)4-3-5-11-9/h3-7,10H,1-2H3,(H,13,14). The maximum absolute atomic E-state index is 11.0. The van der Waals surface area contributed by atoms with Crippen LogP contribution in [0.4, 0.5) is 5.82 Å². The molecule has 6 heteroatoms. The Morgan fingerprint density at radius 1 is 1.67 bits per heavy atom. The lowest BCUT2D eigenvalue weighted by molar-refractivity contribution is 0.563. The molecule has 1 rings (SSSR count). The van der Waals surface area contributed by atoms with Gasteiger partial charge in [-0.1, -0.05) is 0 Å². The van der Waals surface area contributed by atoms with E-state index in [0.29, 0.717) is 5.82 Å². The van der Waals surface area contributed by atoms with E-state index in [9.17, 15) is 4.21 Å². The molecule has 2 N–H and O–H groups in total. The molecule has 0 aromatic carbocycles. The lowest BCUT2D eigenvalue weighted by Crippen LogP contribution is -2.30. The highest BCUT2D eigenvalue weighted by Gasteiger charge is 2.16. The zero-order valence-corrected chi connectivity index (χ0v) is 9.36. The molecule has 1 aromatic heterocycles. The van der Waals surface area contributed by atoms with Gasteiger partial charge >= 0.3 is 0 Å². The molecule has 0 aliphatic carbocycles. The van der Waals surface area contributed by atoms with Gasteiger partial charge in [-0.15, -0.1) is 0 Å². The van der Waals surface area contributed by atoms with Crippen molar-refractivity contribution in [2.75, 3.05) is 4.90 Å². The second-order valence-corrected chi connectivity index (χ2v) is 4.14. The first-order valence-electron chi connectivity index (χ1n) is 4.42. The summed E-state index contributed by atoms with van der Waals surface area (Å²) >= 11 is -2.09. The first-order chi connectivity index (χ1) is 7.07. The van der Waals surface area contributed by atoms with Crippen LogP contribution in [0.1, 0.15) is 13.8 Å². The Kier molecular flexibility index (Phi) is 3.93. The van der Waals surface area contributed by atoms with E-state index >= 15 is 0 Å². The molecule has 15 heavy (non-hydrogen) atoms. The van der Waals surface area contributed by atoms with Crippen LogP contribution < -0.4 is 4.90 Å². The average molecular weight is 227 g/mol. The number of nitrogens with zero attached hydrogens (tertiary/aromatic N) is 2. The minimum atomic E-state index is -2.09. The molecule has 1 heterocycles. The SMILES string of the molecule is CC(C)N(C=N)c1ncccc1S(=O)O. The predicted molar refractivity (Wildman–Crippen MR) is 59.7 cm³/mol. The normalized spacial score (nSPS) is 12.5. The molecule has 82 valence electrons. The first-order valence-corrected chi connectivity index (χ1v) is 5.53. The van der Waals surface area contributed by atoms with Crippen LogP contribution >= 0.6 is 0 Å². The molecular formula is C9H13N3O2S. The lowest BCUT2D eigenvalue weighted by atomic mass is 10.3. The van der Waals surface area contributed by atoms with Crippen molar-refractivity contribution in [3.8, 4) is 0 Å². The summed E-state index contributed by atoms with van der Waals surface area (Å²) in [6, 6.07) is 3.13. The van der Waals surface area contributed by atoms with Crippen LogP contribution in [0, 0.1) is 5.41 Å². The van der Waals surface area contributed by atoms with E-state index in [-0.39, 0.29) is 10.9 Å². The third-order valence-corrected chi connectivity index (χ3v) is 2.57. The molecule has 1 atom stereocenters. The van der Waals surface area contributed by atoms with Gasteiger partial charge in [-0.05, 0) is 26.0 Å². The Morgan fingerprint density at radius 3 is 2.80 bits per heavy atom. The van der Waals surface area contributed by atoms with E-state index in [1.807, 2.05) is 13.8 Å². The van der Waals surface area contributed by atoms with Crippen molar-refractivity contribution in [2.24, 2.45) is 0 Å². The van der Waals surface area contributed by atoms with Crippen molar-refractivity contribution < 1.29 is 8.76 Å². The van der Waals surface area contributed by atoms with Crippen molar-refractivity contribution in [1.29, 1.82) is 5.41 Å². The highest BCUT2D eigenvalue weighted by molar-refractivity contribution is 7.79. The second kappa shape index (κ2) is 4.99. The van der Waals surface area contributed by atoms with Gasteiger partial charge in [-0.25, -0.2) is 9.19 Å². The summed E-state index contributed by atoms with van der Waals surface area (Å²) in [6.07, 6.45) is 2.63. The van der Waals surface area contributed by atoms with Crippen molar-refractivity contribution >= 4 is 23.2 Å². The Labute approximate surface area is 90.9 Å². The lowest BCUT2D eigenvalue weighted by Gasteiger charge is -2.23. The first kappa shape index (κ1) is 11.8. The fourth-order valence-electron chi connectivity index (χ4n) is 1.17. The predicted octanol–water partition coefficient (Wildman–Crippen LogP) is 1.48. The van der Waals surface area contributed by atoms with Gasteiger partial charge in [-0.2, -0.15) is 0 Å². The Morgan fingerprint density at radius 2 is 2.33 bits per heavy atom. The van der Waals surface area contributed by atoms with E-state index in [2.05, 4.69) is 4.98 Å². The van der Waals surface area contributed by atoms with E-state index in [4.69, 9.17) is 9.96 Å². The minimum absolute atomic E-state index is 0.0136. The van der Waals surface area contributed by atoms with Crippen LogP contribution in [-0.4, -0.2) is 26.1 Å². The van der Waals surface area contributed by atoms with E-state index in [0.717, 1.165) is 6.34 Å². The van der Waals surface area contributed by atoms with Crippen LogP contribution in [-0.2, 0) is 11.1 Å². The summed E-state index contributed by atoms with van der Waals surface area (Å²) in [5.74, 6) is 0.350. The minimum Gasteiger partial charge on any atom is -0.314 e. The maximum atomic E-state index is 11.0. The Balaban J connectivity index is 3.22. The molecule has 0 spiro atoms. The zero-order chi connectivity index (χ0) is 11.4. The summed E-state index contributed by atoms with van der Waals surface area (Å²) in [5, 5.41) is 7.25. The number of anilines is 1. The molecule has 0 amide bonds. The number of hydrogen-bond acceptors (Lipinski definition) is 3. The van der Waals surface area contributed by atoms with Gasteiger partial charge < -0.3 is 9.45 Å². The van der Waals surface area contributed by atoms with Crippen molar-refractivity contribution in [1.82, 2.24) is 4.98 Å². The third kappa shape index (κ3) is 2.60. The number of nitrogens with one attached hydrogen (secondary N) is 1. The monoisotopic (exact) mass is 227 g/mol. The summed E-state index contributed by atoms with van der Waals surface area (Å²) in [4.78, 5) is 5.76. The third-order valence-electron chi connectivity index (χ3n) is 1.88. The van der Waals surface area contributed by atoms with Crippen LogP contribution in [0.3, 0.4) is 0 Å². The van der Waals surface area contributed by atoms with Gasteiger partial charge in [0, 0.05) is 12.2 Å². The largest absolute Gasteiger partial charge is 0.314 e. The molecule has 1 unspecified atom stereocenters. The van der Waals surface area contributed by atoms with Gasteiger partial charge in [0.25, 0.3) is 0 Å². The molecule has 0 saturated heterocycles. The van der Waals surface area contributed by atoms with Crippen LogP contribution in [0.15, 0.2) is 23.2 Å². The molecular weight excluding hydrogens is 214 g/mol. The van der Waals surface area contributed by atoms with Gasteiger partial charge in [0.2, 0.25) is 0 Å². The molecule has 0 bridgehead atoms. The van der Waals surface area contributed by atoms with Crippen LogP contribution in [0.25, 0.3) is 0 Å². The molecule has 0 saturated carbocycles. The van der Waals surface area contributed by atoms with Gasteiger partial charge in [0.1, 0.15) is 4.90 Å². The highest BCUT2D eigenvalue weighted by Crippen LogP contribution is 2.20. The molecule has 1 aromatic rings. The van der Waals surface area contributed by atoms with E-state index in [1.54, 1.807) is 6.07 Å². The van der Waals surface area contributed by atoms with Crippen LogP contribution in [0.5, 0.6) is 0 Å². The number of pyridine rings is 1. The van der Waals surface area contributed by atoms with Crippen molar-refractivity contribution in [3.63, 3.8) is 0 Å². The van der Waals surface area contributed by atoms with Crippen molar-refractivity contribution in [3.05, 3.63) is 18.3 Å². The summed E-state index contributed by atoms with van der Waals surface area (Å²) in [5.41, 5.74) is 0. The number of hydrogen-bond donors (Lipinski definition) is 2. The zero-order valence-electron chi connectivity index (χ0n) is 8.54. The van der Waals surface area contributed by atoms with Gasteiger partial charge in [0.15, 0.2) is 16.9 Å². The highest BCUT2D eigenvalue weighted by atomic mass is 32.2. The summed E-state index contributed by atoms with van der Waals surface area (Å²) < 4.78 is 20.1. The summed E-state index contributed by atoms with van der Waals surface area (Å²) in [6.45, 7) is 3.76. The van der Waals surface area contributed by atoms with Gasteiger partial charge in [-0.3, -0.25) is 5.41 Å². The Hall–Kier alpha value is -1.27. The van der Waals surface area contributed by atoms with E-state index in [1.165, 1.54) is 17.2 Å². The molecule has 0 fully saturated rings. The van der Waals surface area contributed by atoms with Crippen molar-refractivity contribution in [2.45, 2.75) is 24.8 Å². The van der Waals surface area contributed by atoms with Gasteiger partial charge in [0.05, 0.1) is 6.34 Å². The smallest absolute Gasteiger partial charge is 0.190 e. The molecule has 5 nitrogen and oxygen atoms in total. The topological polar surface area (TPSA) is 77.3 Å². The number of aromatic nitrogens is 1. The average Bonchev–Trinajstić information content (AvgIpc) is 2.18. The molecule has 0 aliphatic heterocycles. The van der Waals surface area contributed by atoms with Crippen LogP contribution in [0.2, 0.25) is 0 Å². The fraction of sp³-hybridized carbons (Fsp3) is 0.333. The quantitative estimate of drug-likeness (QED) is 0.464. The molecule has 0 aliphatic rings. The second-order valence-electron chi connectivity index (χ2n) is 3.20. The number of rotatable bonds is 4. The summed E-state index contributed by atoms with van der Waals surface area (Å²) in [7, 11) is 0. The maximum Gasteiger partial charge on any atom is 0.190 e. The fourth-order valence-corrected chi connectivity index (χ4v) is 1.68.